The second-order valence-electron chi connectivity index (χ2n) is 7.55. The van der Waals surface area contributed by atoms with E-state index in [1.807, 2.05) is 43.5 Å². The van der Waals surface area contributed by atoms with Gasteiger partial charge in [0.05, 0.1) is 6.42 Å². The van der Waals surface area contributed by atoms with Crippen molar-refractivity contribution in [3.05, 3.63) is 76.9 Å². The Labute approximate surface area is 179 Å². The minimum atomic E-state index is -0.297. The smallest absolute Gasteiger partial charge is 0.248 e. The predicted molar refractivity (Wildman–Crippen MR) is 120 cm³/mol. The molecule has 4 rings (SSSR count). The van der Waals surface area contributed by atoms with Gasteiger partial charge in [0.1, 0.15) is 16.6 Å². The van der Waals surface area contributed by atoms with Crippen molar-refractivity contribution < 1.29 is 9.59 Å². The third-order valence-electron chi connectivity index (χ3n) is 5.28. The summed E-state index contributed by atoms with van der Waals surface area (Å²) in [7, 11) is 0. The first-order chi connectivity index (χ1) is 14.5. The molecule has 1 amide bonds. The zero-order chi connectivity index (χ0) is 21.1. The molecule has 5 nitrogen and oxygen atoms in total. The molecule has 6 heteroatoms. The molecule has 1 aromatic carbocycles. The van der Waals surface area contributed by atoms with Gasteiger partial charge in [-0.2, -0.15) is 0 Å². The number of Topliss-reactive ketones (excluding diaryl/α,β-unsaturated/α-hetero) is 1. The van der Waals surface area contributed by atoms with Crippen molar-refractivity contribution in [1.82, 2.24) is 9.97 Å². The van der Waals surface area contributed by atoms with Gasteiger partial charge in [-0.3, -0.25) is 9.59 Å². The van der Waals surface area contributed by atoms with Crippen LogP contribution in [0.5, 0.6) is 0 Å². The molecule has 152 valence electrons. The van der Waals surface area contributed by atoms with Crippen LogP contribution in [0.15, 0.2) is 61.4 Å². The summed E-state index contributed by atoms with van der Waals surface area (Å²) in [6.45, 7) is 5.38. The molecule has 0 saturated heterocycles. The number of hydrogen-bond donors (Lipinski definition) is 1. The number of hydrogen-bond acceptors (Lipinski definition) is 5. The third-order valence-corrected chi connectivity index (χ3v) is 6.44. The van der Waals surface area contributed by atoms with Crippen molar-refractivity contribution in [3.63, 3.8) is 0 Å². The fourth-order valence-electron chi connectivity index (χ4n) is 3.25. The van der Waals surface area contributed by atoms with Crippen molar-refractivity contribution in [3.8, 4) is 11.1 Å². The number of benzene rings is 1. The fraction of sp³-hybridized carbons (Fsp3) is 0.250. The summed E-state index contributed by atoms with van der Waals surface area (Å²) < 4.78 is 0. The van der Waals surface area contributed by atoms with Crippen LogP contribution in [0.4, 0.5) is 5.82 Å². The summed E-state index contributed by atoms with van der Waals surface area (Å²) in [4.78, 5) is 34.3. The Hall–Kier alpha value is -3.12. The number of rotatable bonds is 8. The van der Waals surface area contributed by atoms with Gasteiger partial charge in [-0.05, 0) is 48.1 Å². The van der Waals surface area contributed by atoms with Gasteiger partial charge in [-0.1, -0.05) is 37.8 Å². The Balaban J connectivity index is 1.45. The van der Waals surface area contributed by atoms with Crippen molar-refractivity contribution in [2.45, 2.75) is 38.0 Å². The maximum Gasteiger partial charge on any atom is 0.248 e. The Morgan fingerprint density at radius 1 is 1.20 bits per heavy atom. The Morgan fingerprint density at radius 2 is 2.03 bits per heavy atom. The number of nitrogens with one attached hydrogen (secondary N) is 1. The van der Waals surface area contributed by atoms with Crippen LogP contribution in [0.3, 0.4) is 0 Å². The molecule has 0 spiro atoms. The summed E-state index contributed by atoms with van der Waals surface area (Å²) in [5.74, 6) is 0.804. The van der Waals surface area contributed by atoms with Crippen molar-refractivity contribution in [1.29, 1.82) is 0 Å². The first kappa shape index (κ1) is 20.2. The van der Waals surface area contributed by atoms with Gasteiger partial charge in [0.25, 0.3) is 0 Å². The van der Waals surface area contributed by atoms with Gasteiger partial charge in [0, 0.05) is 28.8 Å². The van der Waals surface area contributed by atoms with E-state index in [-0.39, 0.29) is 17.6 Å². The lowest BCUT2D eigenvalue weighted by Gasteiger charge is -2.12. The zero-order valence-corrected chi connectivity index (χ0v) is 17.6. The van der Waals surface area contributed by atoms with E-state index in [4.69, 9.17) is 0 Å². The molecule has 1 aliphatic rings. The highest BCUT2D eigenvalue weighted by Crippen LogP contribution is 2.42. The quantitative estimate of drug-likeness (QED) is 0.516. The van der Waals surface area contributed by atoms with E-state index in [9.17, 15) is 9.59 Å². The molecule has 2 heterocycles. The molecule has 0 unspecified atom stereocenters. The number of anilines is 1. The van der Waals surface area contributed by atoms with Crippen molar-refractivity contribution in [2.75, 3.05) is 5.32 Å². The normalized spacial score (nSPS) is 14.2. The number of carbonyl (C=O) groups is 2. The Bertz CT molecular complexity index is 1080. The minimum absolute atomic E-state index is 0.171. The van der Waals surface area contributed by atoms with E-state index in [1.165, 1.54) is 23.8 Å². The molecule has 1 atom stereocenters. The third kappa shape index (κ3) is 4.71. The van der Waals surface area contributed by atoms with Gasteiger partial charge < -0.3 is 5.32 Å². The molecule has 2 aromatic heterocycles. The molecular weight excluding hydrogens is 394 g/mol. The monoisotopic (exact) mass is 417 g/mol. The van der Waals surface area contributed by atoms with E-state index >= 15 is 0 Å². The fourth-order valence-corrected chi connectivity index (χ4v) is 4.35. The van der Waals surface area contributed by atoms with Crippen molar-refractivity contribution in [2.24, 2.45) is 0 Å². The summed E-state index contributed by atoms with van der Waals surface area (Å²) in [6.07, 6.45) is 7.71. The van der Waals surface area contributed by atoms with Gasteiger partial charge in [-0.15, -0.1) is 11.3 Å². The summed E-state index contributed by atoms with van der Waals surface area (Å²) >= 11 is 1.68. The highest BCUT2D eigenvalue weighted by molar-refractivity contribution is 7.11. The second kappa shape index (κ2) is 8.71. The molecular formula is C24H23N3O2S. The highest BCUT2D eigenvalue weighted by atomic mass is 32.1. The topological polar surface area (TPSA) is 72.0 Å². The zero-order valence-electron chi connectivity index (χ0n) is 16.8. The molecule has 0 bridgehead atoms. The number of pyridine rings is 1. The van der Waals surface area contributed by atoms with Crippen LogP contribution in [0.2, 0.25) is 0 Å². The largest absolute Gasteiger partial charge is 0.307 e. The number of amides is 1. The van der Waals surface area contributed by atoms with Crippen LogP contribution >= 0.6 is 11.3 Å². The van der Waals surface area contributed by atoms with Crippen LogP contribution in [0.1, 0.15) is 47.0 Å². The van der Waals surface area contributed by atoms with Crippen molar-refractivity contribution >= 4 is 28.8 Å². The van der Waals surface area contributed by atoms with E-state index in [1.54, 1.807) is 23.6 Å². The number of thiazole rings is 1. The minimum Gasteiger partial charge on any atom is -0.307 e. The number of aromatic nitrogens is 2. The number of carbonyl (C=O) groups excluding carboxylic acids is 2. The predicted octanol–water partition coefficient (Wildman–Crippen LogP) is 5.12. The van der Waals surface area contributed by atoms with Gasteiger partial charge >= 0.3 is 0 Å². The van der Waals surface area contributed by atoms with Gasteiger partial charge in [-0.25, -0.2) is 9.97 Å². The summed E-state index contributed by atoms with van der Waals surface area (Å²) in [5.41, 5.74) is 2.87. The van der Waals surface area contributed by atoms with E-state index < -0.39 is 0 Å². The SMILES string of the molecule is C=CC(=O)Nc1ccc(-c2cccc([C@@H](C)C(=O)Cc3ncc(C4CC4)s3)c2)cn1. The molecule has 0 radical (unpaired) electrons. The lowest BCUT2D eigenvalue weighted by molar-refractivity contribution is -0.119. The van der Waals surface area contributed by atoms with Crippen LogP contribution in [0.25, 0.3) is 11.1 Å². The molecule has 1 saturated carbocycles. The Kier molecular flexibility index (Phi) is 5.86. The van der Waals surface area contributed by atoms with Crippen LogP contribution in [-0.2, 0) is 16.0 Å². The molecule has 30 heavy (non-hydrogen) atoms. The van der Waals surface area contributed by atoms with Gasteiger partial charge in [0.2, 0.25) is 5.91 Å². The van der Waals surface area contributed by atoms with Crippen LogP contribution in [0, 0.1) is 0 Å². The summed E-state index contributed by atoms with van der Waals surface area (Å²) in [5, 5.41) is 3.54. The second-order valence-corrected chi connectivity index (χ2v) is 8.69. The molecule has 1 fully saturated rings. The average Bonchev–Trinajstić information content (AvgIpc) is 3.52. The maximum atomic E-state index is 12.8. The lowest BCUT2D eigenvalue weighted by atomic mass is 9.92. The first-order valence-corrected chi connectivity index (χ1v) is 10.8. The average molecular weight is 418 g/mol. The maximum absolute atomic E-state index is 12.8. The van der Waals surface area contributed by atoms with E-state index in [0.29, 0.717) is 18.2 Å². The van der Waals surface area contributed by atoms with E-state index in [0.717, 1.165) is 21.7 Å². The van der Waals surface area contributed by atoms with Crippen LogP contribution < -0.4 is 5.32 Å². The highest BCUT2D eigenvalue weighted by Gasteiger charge is 2.26. The van der Waals surface area contributed by atoms with Crippen LogP contribution in [-0.4, -0.2) is 21.7 Å². The molecule has 1 N–H and O–H groups in total. The lowest BCUT2D eigenvalue weighted by Crippen LogP contribution is -2.12. The summed E-state index contributed by atoms with van der Waals surface area (Å²) in [6, 6.07) is 11.6. The first-order valence-electron chi connectivity index (χ1n) is 10.0. The van der Waals surface area contributed by atoms with E-state index in [2.05, 4.69) is 21.9 Å². The number of ketones is 1. The molecule has 3 aromatic rings. The van der Waals surface area contributed by atoms with Gasteiger partial charge in [0.15, 0.2) is 0 Å². The Morgan fingerprint density at radius 3 is 2.73 bits per heavy atom. The standard InChI is InChI=1S/C24H23N3O2S/c1-3-23(29)27-22-10-9-19(13-25-22)18-6-4-5-17(11-18)15(2)20(28)12-24-26-14-21(30-24)16-7-8-16/h3-6,9-11,13-16H,1,7-8,12H2,2H3,(H,25,27,29)/t15-/m1/s1. The number of nitrogens with zero attached hydrogens (tertiary/aromatic N) is 2. The molecule has 0 aliphatic heterocycles. The molecule has 1 aliphatic carbocycles.